The Hall–Kier alpha value is -1.22. The molecule has 0 amide bonds. The third-order valence-electron chi connectivity index (χ3n) is 1.35. The molecule has 13 heavy (non-hydrogen) atoms. The first-order valence-electron chi connectivity index (χ1n) is 3.20. The van der Waals surface area contributed by atoms with Gasteiger partial charge in [-0.25, -0.2) is 13.8 Å². The van der Waals surface area contributed by atoms with Crippen molar-refractivity contribution >= 4 is 21.7 Å². The van der Waals surface area contributed by atoms with Crippen LogP contribution in [0.5, 0.6) is 0 Å². The highest BCUT2D eigenvalue weighted by Crippen LogP contribution is 2.26. The van der Waals surface area contributed by atoms with Crippen molar-refractivity contribution in [1.82, 2.24) is 4.98 Å². The Morgan fingerprint density at radius 3 is 2.69 bits per heavy atom. The van der Waals surface area contributed by atoms with Crippen molar-refractivity contribution in [2.75, 3.05) is 5.73 Å². The van der Waals surface area contributed by atoms with Crippen molar-refractivity contribution in [1.29, 1.82) is 5.26 Å². The van der Waals surface area contributed by atoms with Crippen LogP contribution in [-0.2, 0) is 0 Å². The predicted molar refractivity (Wildman–Crippen MR) is 46.0 cm³/mol. The van der Waals surface area contributed by atoms with Crippen molar-refractivity contribution in [2.45, 2.75) is 6.43 Å². The minimum Gasteiger partial charge on any atom is -0.383 e. The Labute approximate surface area is 81.3 Å². The summed E-state index contributed by atoms with van der Waals surface area (Å²) >= 11 is 2.97. The Kier molecular flexibility index (Phi) is 2.78. The van der Waals surface area contributed by atoms with Crippen molar-refractivity contribution in [3.05, 3.63) is 21.8 Å². The fraction of sp³-hybridized carbons (Fsp3) is 0.143. The largest absolute Gasteiger partial charge is 0.383 e. The molecule has 0 aromatic carbocycles. The molecule has 0 fully saturated rings. The number of halogens is 3. The van der Waals surface area contributed by atoms with Gasteiger partial charge < -0.3 is 5.73 Å². The number of nitrogens with zero attached hydrogens (tertiary/aromatic N) is 2. The zero-order valence-electron chi connectivity index (χ0n) is 6.26. The maximum absolute atomic E-state index is 12.2. The van der Waals surface area contributed by atoms with E-state index in [2.05, 4.69) is 20.9 Å². The van der Waals surface area contributed by atoms with Crippen molar-refractivity contribution in [2.24, 2.45) is 0 Å². The molecule has 0 bridgehead atoms. The summed E-state index contributed by atoms with van der Waals surface area (Å²) in [6.07, 6.45) is -2.72. The lowest BCUT2D eigenvalue weighted by Crippen LogP contribution is -1.99. The van der Waals surface area contributed by atoms with E-state index in [-0.39, 0.29) is 15.9 Å². The smallest absolute Gasteiger partial charge is 0.280 e. The van der Waals surface area contributed by atoms with Crippen LogP contribution in [0.4, 0.5) is 14.6 Å². The number of nitriles is 1. The van der Waals surface area contributed by atoms with E-state index in [0.717, 1.165) is 6.07 Å². The molecule has 68 valence electrons. The van der Waals surface area contributed by atoms with Crippen LogP contribution in [-0.4, -0.2) is 4.98 Å². The Balaban J connectivity index is 3.32. The van der Waals surface area contributed by atoms with Crippen LogP contribution < -0.4 is 5.73 Å². The molecule has 0 saturated heterocycles. The van der Waals surface area contributed by atoms with E-state index in [1.165, 1.54) is 0 Å². The van der Waals surface area contributed by atoms with Crippen LogP contribution in [0.1, 0.15) is 17.7 Å². The van der Waals surface area contributed by atoms with E-state index in [4.69, 9.17) is 11.0 Å². The second-order valence-corrected chi connectivity index (χ2v) is 3.00. The third-order valence-corrected chi connectivity index (χ3v) is 2.18. The Bertz CT molecular complexity index is 373. The first kappa shape index (κ1) is 9.86. The average molecular weight is 248 g/mol. The van der Waals surface area contributed by atoms with Gasteiger partial charge in [0.2, 0.25) is 0 Å². The summed E-state index contributed by atoms with van der Waals surface area (Å²) in [7, 11) is 0. The topological polar surface area (TPSA) is 62.7 Å². The summed E-state index contributed by atoms with van der Waals surface area (Å²) < 4.78 is 24.6. The van der Waals surface area contributed by atoms with Crippen LogP contribution in [0.3, 0.4) is 0 Å². The Morgan fingerprint density at radius 2 is 2.23 bits per heavy atom. The molecule has 0 radical (unpaired) electrons. The summed E-state index contributed by atoms with van der Waals surface area (Å²) in [5, 5.41) is 8.54. The summed E-state index contributed by atoms with van der Waals surface area (Å²) in [6.45, 7) is 0. The van der Waals surface area contributed by atoms with Gasteiger partial charge in [0, 0.05) is 0 Å². The van der Waals surface area contributed by atoms with Crippen molar-refractivity contribution in [3.8, 4) is 6.07 Å². The molecule has 0 spiro atoms. The zero-order chi connectivity index (χ0) is 10.0. The Morgan fingerprint density at radius 1 is 1.62 bits per heavy atom. The summed E-state index contributed by atoms with van der Waals surface area (Å²) in [5.41, 5.74) is 4.86. The first-order chi connectivity index (χ1) is 6.06. The highest BCUT2D eigenvalue weighted by atomic mass is 79.9. The number of rotatable bonds is 1. The van der Waals surface area contributed by atoms with Crippen LogP contribution in [0, 0.1) is 11.3 Å². The summed E-state index contributed by atoms with van der Waals surface area (Å²) in [4.78, 5) is 3.41. The molecular formula is C7H4BrF2N3. The van der Waals surface area contributed by atoms with Gasteiger partial charge >= 0.3 is 0 Å². The molecule has 0 saturated carbocycles. The lowest BCUT2D eigenvalue weighted by Gasteiger charge is -2.03. The first-order valence-corrected chi connectivity index (χ1v) is 3.99. The molecule has 3 nitrogen and oxygen atoms in total. The van der Waals surface area contributed by atoms with E-state index < -0.39 is 12.1 Å². The van der Waals surface area contributed by atoms with Gasteiger partial charge in [0.1, 0.15) is 17.6 Å². The molecule has 0 aliphatic rings. The number of pyridine rings is 1. The van der Waals surface area contributed by atoms with E-state index >= 15 is 0 Å². The fourth-order valence-corrected chi connectivity index (χ4v) is 1.05. The van der Waals surface area contributed by atoms with Gasteiger partial charge in [0.25, 0.3) is 6.43 Å². The monoisotopic (exact) mass is 247 g/mol. The normalized spacial score (nSPS) is 10.1. The number of hydrogen-bond donors (Lipinski definition) is 1. The second-order valence-electron chi connectivity index (χ2n) is 2.21. The summed E-state index contributed by atoms with van der Waals surface area (Å²) in [6, 6.07) is 2.74. The molecule has 1 rings (SSSR count). The molecule has 0 atom stereocenters. The average Bonchev–Trinajstić information content (AvgIpc) is 2.09. The summed E-state index contributed by atoms with van der Waals surface area (Å²) in [5.74, 6) is -0.102. The minimum atomic E-state index is -2.72. The zero-order valence-corrected chi connectivity index (χ0v) is 7.85. The molecule has 2 N–H and O–H groups in total. The number of anilines is 1. The number of aromatic nitrogens is 1. The van der Waals surface area contributed by atoms with Gasteiger partial charge in [-0.2, -0.15) is 5.26 Å². The maximum Gasteiger partial charge on any atom is 0.280 e. The minimum absolute atomic E-state index is 0.0581. The maximum atomic E-state index is 12.2. The molecular weight excluding hydrogens is 244 g/mol. The molecule has 1 aromatic heterocycles. The molecule has 1 heterocycles. The van der Waals surface area contributed by atoms with Crippen LogP contribution in [0.25, 0.3) is 0 Å². The van der Waals surface area contributed by atoms with Gasteiger partial charge in [-0.05, 0) is 22.0 Å². The van der Waals surface area contributed by atoms with Gasteiger partial charge in [0.15, 0.2) is 0 Å². The van der Waals surface area contributed by atoms with Gasteiger partial charge in [-0.1, -0.05) is 0 Å². The van der Waals surface area contributed by atoms with Crippen LogP contribution >= 0.6 is 15.9 Å². The van der Waals surface area contributed by atoms with Crippen molar-refractivity contribution in [3.63, 3.8) is 0 Å². The van der Waals surface area contributed by atoms with Gasteiger partial charge in [-0.3, -0.25) is 0 Å². The highest BCUT2D eigenvalue weighted by Gasteiger charge is 2.14. The van der Waals surface area contributed by atoms with E-state index in [1.807, 2.05) is 0 Å². The highest BCUT2D eigenvalue weighted by molar-refractivity contribution is 9.10. The van der Waals surface area contributed by atoms with E-state index in [1.54, 1.807) is 6.07 Å². The molecule has 1 aromatic rings. The molecule has 0 aliphatic carbocycles. The second kappa shape index (κ2) is 3.66. The van der Waals surface area contributed by atoms with Crippen LogP contribution in [0.15, 0.2) is 10.5 Å². The van der Waals surface area contributed by atoms with Crippen LogP contribution in [0.2, 0.25) is 0 Å². The predicted octanol–water partition coefficient (Wildman–Crippen LogP) is 2.24. The number of nitrogens with two attached hydrogens (primary N) is 1. The van der Waals surface area contributed by atoms with Crippen molar-refractivity contribution < 1.29 is 8.78 Å². The van der Waals surface area contributed by atoms with E-state index in [9.17, 15) is 8.78 Å². The number of alkyl halides is 2. The van der Waals surface area contributed by atoms with E-state index in [0.29, 0.717) is 0 Å². The quantitative estimate of drug-likeness (QED) is 0.828. The lowest BCUT2D eigenvalue weighted by atomic mass is 10.2. The molecule has 6 heteroatoms. The molecule has 0 unspecified atom stereocenters. The standard InChI is InChI=1S/C7H4BrF2N3/c8-5-3(2-11)1-4(6(9)10)13-7(5)12/h1,6H,(H2,12,13). The number of nitrogen functional groups attached to an aromatic ring is 1. The molecule has 0 aliphatic heterocycles. The number of hydrogen-bond acceptors (Lipinski definition) is 3. The SMILES string of the molecule is N#Cc1cc(C(F)F)nc(N)c1Br. The third kappa shape index (κ3) is 1.92. The van der Waals surface area contributed by atoms with Gasteiger partial charge in [-0.15, -0.1) is 0 Å². The fourth-order valence-electron chi connectivity index (χ4n) is 0.763. The van der Waals surface area contributed by atoms with Gasteiger partial charge in [0.05, 0.1) is 10.0 Å². The lowest BCUT2D eigenvalue weighted by molar-refractivity contribution is 0.146.